The average Bonchev–Trinajstić information content (AvgIpc) is 2.77. The summed E-state index contributed by atoms with van der Waals surface area (Å²) in [5, 5.41) is 17.8. The number of benzene rings is 1. The van der Waals surface area contributed by atoms with Crippen LogP contribution in [0.2, 0.25) is 0 Å². The van der Waals surface area contributed by atoms with Crippen molar-refractivity contribution in [3.63, 3.8) is 0 Å². The quantitative estimate of drug-likeness (QED) is 0.730. The van der Waals surface area contributed by atoms with E-state index in [0.29, 0.717) is 0 Å². The Labute approximate surface area is 109 Å². The first-order valence-corrected chi connectivity index (χ1v) is 5.85. The lowest BCUT2D eigenvalue weighted by molar-refractivity contribution is 0.475. The molecule has 0 saturated heterocycles. The third-order valence-electron chi connectivity index (χ3n) is 3.00. The number of nitrogens with zero attached hydrogens (tertiary/aromatic N) is 4. The first kappa shape index (κ1) is 11.5. The first-order chi connectivity index (χ1) is 9.20. The predicted molar refractivity (Wildman–Crippen MR) is 73.0 cm³/mol. The second kappa shape index (κ2) is 4.24. The summed E-state index contributed by atoms with van der Waals surface area (Å²) in [7, 11) is 3.66. The molecule has 0 atom stereocenters. The van der Waals surface area contributed by atoms with Crippen molar-refractivity contribution in [2.75, 3.05) is 12.4 Å². The Kier molecular flexibility index (Phi) is 2.56. The number of rotatable bonds is 2. The average molecular weight is 255 g/mol. The molecule has 0 aliphatic rings. The van der Waals surface area contributed by atoms with Gasteiger partial charge in [-0.05, 0) is 24.3 Å². The number of phenolic OH excluding ortho intramolecular Hbond substituents is 1. The van der Waals surface area contributed by atoms with E-state index in [9.17, 15) is 5.11 Å². The van der Waals surface area contributed by atoms with Gasteiger partial charge in [0.15, 0.2) is 5.65 Å². The summed E-state index contributed by atoms with van der Waals surface area (Å²) < 4.78 is 1.72. The lowest BCUT2D eigenvalue weighted by atomic mass is 10.1. The zero-order valence-electron chi connectivity index (χ0n) is 10.6. The van der Waals surface area contributed by atoms with Crippen LogP contribution < -0.4 is 5.32 Å². The molecule has 2 N–H and O–H groups in total. The molecular formula is C13H13N5O. The molecule has 0 fully saturated rings. The van der Waals surface area contributed by atoms with Gasteiger partial charge in [-0.25, -0.2) is 14.6 Å². The number of nitrogens with one attached hydrogen (secondary N) is 1. The number of hydrogen-bond donors (Lipinski definition) is 2. The maximum atomic E-state index is 9.36. The molecule has 3 rings (SSSR count). The molecule has 6 nitrogen and oxygen atoms in total. The Morgan fingerprint density at radius 3 is 2.58 bits per heavy atom. The van der Waals surface area contributed by atoms with E-state index in [-0.39, 0.29) is 5.75 Å². The fourth-order valence-electron chi connectivity index (χ4n) is 2.10. The minimum atomic E-state index is 0.231. The van der Waals surface area contributed by atoms with Crippen LogP contribution in [0, 0.1) is 0 Å². The lowest BCUT2D eigenvalue weighted by Gasteiger charge is -2.02. The Bertz CT molecular complexity index is 733. The Balaban J connectivity index is 2.32. The molecule has 0 saturated carbocycles. The summed E-state index contributed by atoms with van der Waals surface area (Å²) in [4.78, 5) is 8.47. The SMILES string of the molecule is CNc1ncnc2c1c(-c1ccc(O)cc1)nn2C. The Morgan fingerprint density at radius 2 is 1.89 bits per heavy atom. The molecule has 2 heterocycles. The number of anilines is 1. The molecule has 0 radical (unpaired) electrons. The highest BCUT2D eigenvalue weighted by molar-refractivity contribution is 5.98. The van der Waals surface area contributed by atoms with E-state index in [4.69, 9.17) is 0 Å². The minimum absolute atomic E-state index is 0.231. The van der Waals surface area contributed by atoms with Crippen LogP contribution in [0.4, 0.5) is 5.82 Å². The number of phenols is 1. The highest BCUT2D eigenvalue weighted by atomic mass is 16.3. The van der Waals surface area contributed by atoms with Crippen LogP contribution in [-0.2, 0) is 7.05 Å². The molecule has 6 heteroatoms. The van der Waals surface area contributed by atoms with E-state index in [1.807, 2.05) is 26.2 Å². The smallest absolute Gasteiger partial charge is 0.163 e. The number of fused-ring (bicyclic) bond motifs is 1. The summed E-state index contributed by atoms with van der Waals surface area (Å²) in [6.45, 7) is 0. The fraction of sp³-hybridized carbons (Fsp3) is 0.154. The molecule has 2 aromatic heterocycles. The highest BCUT2D eigenvalue weighted by Crippen LogP contribution is 2.31. The van der Waals surface area contributed by atoms with Crippen molar-refractivity contribution >= 4 is 16.9 Å². The molecule has 0 aliphatic carbocycles. The van der Waals surface area contributed by atoms with E-state index in [1.165, 1.54) is 6.33 Å². The molecule has 0 unspecified atom stereocenters. The van der Waals surface area contributed by atoms with Crippen molar-refractivity contribution < 1.29 is 5.11 Å². The zero-order chi connectivity index (χ0) is 13.4. The maximum Gasteiger partial charge on any atom is 0.163 e. The molecule has 0 spiro atoms. The van der Waals surface area contributed by atoms with Crippen molar-refractivity contribution in [2.24, 2.45) is 7.05 Å². The fourth-order valence-corrected chi connectivity index (χ4v) is 2.10. The molecule has 0 bridgehead atoms. The van der Waals surface area contributed by atoms with E-state index < -0.39 is 0 Å². The summed E-state index contributed by atoms with van der Waals surface area (Å²) in [5.41, 5.74) is 2.47. The Hall–Kier alpha value is -2.63. The third-order valence-corrected chi connectivity index (χ3v) is 3.00. The second-order valence-corrected chi connectivity index (χ2v) is 4.19. The highest BCUT2D eigenvalue weighted by Gasteiger charge is 2.15. The first-order valence-electron chi connectivity index (χ1n) is 5.85. The van der Waals surface area contributed by atoms with E-state index in [2.05, 4.69) is 20.4 Å². The van der Waals surface area contributed by atoms with Gasteiger partial charge in [-0.1, -0.05) is 0 Å². The van der Waals surface area contributed by atoms with Crippen molar-refractivity contribution in [3.8, 4) is 17.0 Å². The number of aromatic hydroxyl groups is 1. The van der Waals surface area contributed by atoms with Crippen molar-refractivity contribution in [1.82, 2.24) is 19.7 Å². The van der Waals surface area contributed by atoms with Crippen LogP contribution in [0.25, 0.3) is 22.3 Å². The van der Waals surface area contributed by atoms with Crippen molar-refractivity contribution in [2.45, 2.75) is 0 Å². The van der Waals surface area contributed by atoms with Crippen LogP contribution in [-0.4, -0.2) is 31.9 Å². The van der Waals surface area contributed by atoms with E-state index in [0.717, 1.165) is 28.1 Å². The van der Waals surface area contributed by atoms with E-state index in [1.54, 1.807) is 16.8 Å². The second-order valence-electron chi connectivity index (χ2n) is 4.19. The van der Waals surface area contributed by atoms with Gasteiger partial charge in [0.2, 0.25) is 0 Å². The predicted octanol–water partition coefficient (Wildman–Crippen LogP) is 1.78. The van der Waals surface area contributed by atoms with Crippen LogP contribution in [0.3, 0.4) is 0 Å². The monoisotopic (exact) mass is 255 g/mol. The van der Waals surface area contributed by atoms with Gasteiger partial charge in [0.1, 0.15) is 23.6 Å². The van der Waals surface area contributed by atoms with Gasteiger partial charge in [-0.15, -0.1) is 0 Å². The van der Waals surface area contributed by atoms with Gasteiger partial charge >= 0.3 is 0 Å². The normalized spacial score (nSPS) is 10.8. The van der Waals surface area contributed by atoms with Crippen LogP contribution in [0.15, 0.2) is 30.6 Å². The van der Waals surface area contributed by atoms with Gasteiger partial charge in [-0.3, -0.25) is 0 Å². The van der Waals surface area contributed by atoms with Gasteiger partial charge in [0.25, 0.3) is 0 Å². The van der Waals surface area contributed by atoms with Gasteiger partial charge in [-0.2, -0.15) is 5.10 Å². The molecule has 96 valence electrons. The Morgan fingerprint density at radius 1 is 1.16 bits per heavy atom. The zero-order valence-corrected chi connectivity index (χ0v) is 10.6. The molecule has 0 aliphatic heterocycles. The minimum Gasteiger partial charge on any atom is -0.508 e. The van der Waals surface area contributed by atoms with Crippen LogP contribution in [0.5, 0.6) is 5.75 Å². The molecule has 0 amide bonds. The van der Waals surface area contributed by atoms with Gasteiger partial charge in [0, 0.05) is 19.7 Å². The van der Waals surface area contributed by atoms with Gasteiger partial charge in [0.05, 0.1) is 5.39 Å². The standard InChI is InChI=1S/C13H13N5O/c1-14-12-10-11(8-3-5-9(19)6-4-8)17-18(2)13(10)16-7-15-12/h3-7,19H,1-2H3,(H,14,15,16). The third kappa shape index (κ3) is 1.77. The number of aryl methyl sites for hydroxylation is 1. The van der Waals surface area contributed by atoms with Crippen molar-refractivity contribution in [3.05, 3.63) is 30.6 Å². The van der Waals surface area contributed by atoms with Gasteiger partial charge < -0.3 is 10.4 Å². The molecular weight excluding hydrogens is 242 g/mol. The summed E-state index contributed by atoms with van der Waals surface area (Å²) in [6.07, 6.45) is 1.51. The van der Waals surface area contributed by atoms with Crippen LogP contribution >= 0.6 is 0 Å². The number of aromatic nitrogens is 4. The molecule has 1 aromatic carbocycles. The summed E-state index contributed by atoms with van der Waals surface area (Å²) in [6, 6.07) is 6.92. The molecule has 19 heavy (non-hydrogen) atoms. The summed E-state index contributed by atoms with van der Waals surface area (Å²) in [5.74, 6) is 0.968. The lowest BCUT2D eigenvalue weighted by Crippen LogP contribution is -1.96. The maximum absolute atomic E-state index is 9.36. The number of hydrogen-bond acceptors (Lipinski definition) is 5. The molecule has 3 aromatic rings. The largest absolute Gasteiger partial charge is 0.508 e. The topological polar surface area (TPSA) is 75.9 Å². The van der Waals surface area contributed by atoms with Crippen molar-refractivity contribution in [1.29, 1.82) is 0 Å². The van der Waals surface area contributed by atoms with E-state index >= 15 is 0 Å². The van der Waals surface area contributed by atoms with Crippen LogP contribution in [0.1, 0.15) is 0 Å². The summed E-state index contributed by atoms with van der Waals surface area (Å²) >= 11 is 0.